The van der Waals surface area contributed by atoms with Crippen LogP contribution in [0.3, 0.4) is 0 Å². The van der Waals surface area contributed by atoms with Crippen LogP contribution in [0.25, 0.3) is 0 Å². The summed E-state index contributed by atoms with van der Waals surface area (Å²) < 4.78 is 0. The molecule has 0 aromatic carbocycles. The van der Waals surface area contributed by atoms with E-state index in [1.54, 1.807) is 0 Å². The maximum atomic E-state index is 10.8. The summed E-state index contributed by atoms with van der Waals surface area (Å²) in [5.74, 6) is -0.150. The maximum absolute atomic E-state index is 10.8. The number of carbonyl (C=O) groups is 1. The Kier molecular flexibility index (Phi) is 3.49. The highest BCUT2D eigenvalue weighted by Crippen LogP contribution is 2.27. The molecule has 0 atom stereocenters. The van der Waals surface area contributed by atoms with E-state index < -0.39 is 5.97 Å². The first-order valence-electron chi connectivity index (χ1n) is 5.37. The molecule has 2 rings (SSSR count). The first-order valence-corrected chi connectivity index (χ1v) is 5.75. The average molecular weight is 257 g/mol. The van der Waals surface area contributed by atoms with Gasteiger partial charge in [-0.25, -0.2) is 9.78 Å². The van der Waals surface area contributed by atoms with Crippen LogP contribution >= 0.6 is 11.6 Å². The van der Waals surface area contributed by atoms with E-state index in [1.165, 1.54) is 12.3 Å². The van der Waals surface area contributed by atoms with E-state index in [2.05, 4.69) is 10.3 Å². The topological polar surface area (TPSA) is 82.5 Å². The van der Waals surface area contributed by atoms with Crippen molar-refractivity contribution in [2.45, 2.75) is 18.9 Å². The van der Waals surface area contributed by atoms with Crippen molar-refractivity contribution in [1.82, 2.24) is 4.98 Å². The van der Waals surface area contributed by atoms with Gasteiger partial charge in [-0.1, -0.05) is 11.6 Å². The molecule has 1 aromatic heterocycles. The summed E-state index contributed by atoms with van der Waals surface area (Å²) >= 11 is 5.71. The zero-order chi connectivity index (χ0) is 12.4. The van der Waals surface area contributed by atoms with Gasteiger partial charge in [0.15, 0.2) is 0 Å². The standard InChI is InChI=1S/C11H13ClN2O3/c12-9-5-14-10(3-8(9)11(16)17)13-4-6-1-7(15)2-6/h3,5-7,15H,1-2,4H2,(H,13,14)(H,16,17). The molecule has 0 saturated heterocycles. The Morgan fingerprint density at radius 2 is 2.29 bits per heavy atom. The lowest BCUT2D eigenvalue weighted by Crippen LogP contribution is -2.33. The third-order valence-corrected chi connectivity index (χ3v) is 3.17. The normalized spacial score (nSPS) is 22.9. The first kappa shape index (κ1) is 12.1. The van der Waals surface area contributed by atoms with Crippen molar-refractivity contribution in [1.29, 1.82) is 0 Å². The quantitative estimate of drug-likeness (QED) is 0.763. The number of aliphatic hydroxyl groups is 1. The molecular formula is C11H13ClN2O3. The largest absolute Gasteiger partial charge is 0.478 e. The van der Waals surface area contributed by atoms with Crippen LogP contribution in [-0.4, -0.2) is 33.8 Å². The van der Waals surface area contributed by atoms with Crippen molar-refractivity contribution in [3.63, 3.8) is 0 Å². The molecule has 1 aromatic rings. The van der Waals surface area contributed by atoms with E-state index in [4.69, 9.17) is 21.8 Å². The molecule has 1 aliphatic carbocycles. The smallest absolute Gasteiger partial charge is 0.337 e. The molecule has 6 heteroatoms. The molecule has 0 aliphatic heterocycles. The van der Waals surface area contributed by atoms with E-state index in [1.807, 2.05) is 0 Å². The molecule has 0 spiro atoms. The van der Waals surface area contributed by atoms with E-state index in [0.29, 0.717) is 18.3 Å². The van der Waals surface area contributed by atoms with Crippen LogP contribution in [-0.2, 0) is 0 Å². The van der Waals surface area contributed by atoms with E-state index in [-0.39, 0.29) is 16.7 Å². The van der Waals surface area contributed by atoms with Crippen LogP contribution in [0, 0.1) is 5.92 Å². The predicted molar refractivity (Wildman–Crippen MR) is 63.4 cm³/mol. The number of hydrogen-bond acceptors (Lipinski definition) is 4. The number of hydrogen-bond donors (Lipinski definition) is 3. The third kappa shape index (κ3) is 2.87. The summed E-state index contributed by atoms with van der Waals surface area (Å²) in [5.41, 5.74) is 0.0396. The molecule has 0 unspecified atom stereocenters. The third-order valence-electron chi connectivity index (χ3n) is 2.87. The van der Waals surface area contributed by atoms with Gasteiger partial charge in [0, 0.05) is 12.7 Å². The lowest BCUT2D eigenvalue weighted by Gasteiger charge is -2.31. The van der Waals surface area contributed by atoms with Gasteiger partial charge in [-0.3, -0.25) is 0 Å². The Morgan fingerprint density at radius 3 is 2.88 bits per heavy atom. The van der Waals surface area contributed by atoms with Crippen LogP contribution in [0.1, 0.15) is 23.2 Å². The van der Waals surface area contributed by atoms with Gasteiger partial charge in [0.2, 0.25) is 0 Å². The zero-order valence-corrected chi connectivity index (χ0v) is 9.81. The van der Waals surface area contributed by atoms with E-state index in [9.17, 15) is 4.79 Å². The van der Waals surface area contributed by atoms with E-state index in [0.717, 1.165) is 12.8 Å². The monoisotopic (exact) mass is 256 g/mol. The predicted octanol–water partition coefficient (Wildman–Crippen LogP) is 1.62. The van der Waals surface area contributed by atoms with Gasteiger partial charge in [0.1, 0.15) is 5.82 Å². The number of aromatic nitrogens is 1. The molecule has 1 saturated carbocycles. The minimum atomic E-state index is -1.07. The molecule has 0 radical (unpaired) electrons. The van der Waals surface area contributed by atoms with Gasteiger partial charge >= 0.3 is 5.97 Å². The molecular weight excluding hydrogens is 244 g/mol. The van der Waals surface area contributed by atoms with Crippen molar-refractivity contribution in [3.8, 4) is 0 Å². The van der Waals surface area contributed by atoms with Gasteiger partial charge in [0.05, 0.1) is 16.7 Å². The number of nitrogens with zero attached hydrogens (tertiary/aromatic N) is 1. The SMILES string of the molecule is O=C(O)c1cc(NCC2CC(O)C2)ncc1Cl. The zero-order valence-electron chi connectivity index (χ0n) is 9.06. The number of halogens is 1. The number of nitrogens with one attached hydrogen (secondary N) is 1. The van der Waals surface area contributed by atoms with Crippen LogP contribution in [0.5, 0.6) is 0 Å². The fourth-order valence-corrected chi connectivity index (χ4v) is 2.00. The fraction of sp³-hybridized carbons (Fsp3) is 0.455. The highest BCUT2D eigenvalue weighted by Gasteiger charge is 2.26. The molecule has 1 fully saturated rings. The summed E-state index contributed by atoms with van der Waals surface area (Å²) in [6.07, 6.45) is 2.70. The number of aliphatic hydroxyl groups excluding tert-OH is 1. The molecule has 92 valence electrons. The van der Waals surface area contributed by atoms with Crippen LogP contribution < -0.4 is 5.32 Å². The minimum absolute atomic E-state index is 0.0396. The highest BCUT2D eigenvalue weighted by molar-refractivity contribution is 6.33. The van der Waals surface area contributed by atoms with Crippen molar-refractivity contribution in [2.75, 3.05) is 11.9 Å². The van der Waals surface area contributed by atoms with Crippen LogP contribution in [0.2, 0.25) is 5.02 Å². The van der Waals surface area contributed by atoms with Crippen molar-refractivity contribution < 1.29 is 15.0 Å². The Hall–Kier alpha value is -1.33. The molecule has 17 heavy (non-hydrogen) atoms. The summed E-state index contributed by atoms with van der Waals surface area (Å²) in [6.45, 7) is 0.685. The second kappa shape index (κ2) is 4.89. The first-order chi connectivity index (χ1) is 8.06. The Labute approximate surface area is 103 Å². The number of carboxylic acids is 1. The molecule has 1 heterocycles. The molecule has 0 amide bonds. The second-order valence-electron chi connectivity index (χ2n) is 4.23. The maximum Gasteiger partial charge on any atom is 0.337 e. The Morgan fingerprint density at radius 1 is 1.59 bits per heavy atom. The molecule has 5 nitrogen and oxygen atoms in total. The van der Waals surface area contributed by atoms with Gasteiger partial charge in [0.25, 0.3) is 0 Å². The van der Waals surface area contributed by atoms with Gasteiger partial charge in [-0.15, -0.1) is 0 Å². The molecule has 1 aliphatic rings. The van der Waals surface area contributed by atoms with Gasteiger partial charge < -0.3 is 15.5 Å². The number of pyridine rings is 1. The second-order valence-corrected chi connectivity index (χ2v) is 4.63. The summed E-state index contributed by atoms with van der Waals surface area (Å²) in [6, 6.07) is 1.42. The number of aromatic carboxylic acids is 1. The summed E-state index contributed by atoms with van der Waals surface area (Å²) in [7, 11) is 0. The molecule has 3 N–H and O–H groups in total. The van der Waals surface area contributed by atoms with E-state index >= 15 is 0 Å². The van der Waals surface area contributed by atoms with Gasteiger partial charge in [-0.05, 0) is 24.8 Å². The highest BCUT2D eigenvalue weighted by atomic mass is 35.5. The van der Waals surface area contributed by atoms with Crippen molar-refractivity contribution in [3.05, 3.63) is 22.8 Å². The van der Waals surface area contributed by atoms with Gasteiger partial charge in [-0.2, -0.15) is 0 Å². The Balaban J connectivity index is 1.97. The van der Waals surface area contributed by atoms with Crippen LogP contribution in [0.15, 0.2) is 12.3 Å². The fourth-order valence-electron chi connectivity index (χ4n) is 1.82. The lowest BCUT2D eigenvalue weighted by atomic mass is 9.82. The number of anilines is 1. The average Bonchev–Trinajstić information content (AvgIpc) is 2.24. The molecule has 0 bridgehead atoms. The lowest BCUT2D eigenvalue weighted by molar-refractivity contribution is 0.0486. The summed E-state index contributed by atoms with van der Waals surface area (Å²) in [5, 5.41) is 21.2. The summed E-state index contributed by atoms with van der Waals surface area (Å²) in [4.78, 5) is 14.9. The number of carboxylic acid groups (broad SMARTS) is 1. The number of rotatable bonds is 4. The van der Waals surface area contributed by atoms with Crippen molar-refractivity contribution in [2.24, 2.45) is 5.92 Å². The Bertz CT molecular complexity index is 433. The van der Waals surface area contributed by atoms with Crippen LogP contribution in [0.4, 0.5) is 5.82 Å². The van der Waals surface area contributed by atoms with Crippen molar-refractivity contribution >= 4 is 23.4 Å². The minimum Gasteiger partial charge on any atom is -0.478 e.